The molecule has 4 heteroatoms. The fraction of sp³-hybridized carbons (Fsp3) is 0.167. The van der Waals surface area contributed by atoms with E-state index >= 15 is 0 Å². The van der Waals surface area contributed by atoms with E-state index in [1.165, 1.54) is 13.3 Å². The lowest BCUT2D eigenvalue weighted by Gasteiger charge is -1.98. The molecule has 0 bridgehead atoms. The number of halogens is 1. The van der Waals surface area contributed by atoms with Gasteiger partial charge in [-0.15, -0.1) is 0 Å². The van der Waals surface area contributed by atoms with Gasteiger partial charge in [-0.25, -0.2) is 0 Å². The van der Waals surface area contributed by atoms with Crippen molar-refractivity contribution in [1.29, 1.82) is 0 Å². The minimum absolute atomic E-state index is 0.181. The Hall–Kier alpha value is -0.770. The molecule has 1 aromatic heterocycles. The van der Waals surface area contributed by atoms with Crippen LogP contribution in [0.4, 0.5) is 0 Å². The molecular weight excluding hydrogens is 198 g/mol. The van der Waals surface area contributed by atoms with Crippen LogP contribution < -0.4 is 10.3 Å². The molecule has 0 fully saturated rings. The van der Waals surface area contributed by atoms with Gasteiger partial charge >= 0.3 is 0 Å². The number of aromatic nitrogens is 1. The standard InChI is InChI=1S/C6H6BrNO2/c1-10-4-2-3-8-6(9)5(4)7/h2-3H,1H3,(H,8,9). The van der Waals surface area contributed by atoms with Gasteiger partial charge in [-0.05, 0) is 22.0 Å². The van der Waals surface area contributed by atoms with Crippen molar-refractivity contribution < 1.29 is 4.74 Å². The molecule has 0 saturated carbocycles. The van der Waals surface area contributed by atoms with Crippen LogP contribution in [-0.2, 0) is 0 Å². The van der Waals surface area contributed by atoms with E-state index in [0.717, 1.165) is 0 Å². The van der Waals surface area contributed by atoms with Crippen LogP contribution >= 0.6 is 15.9 Å². The minimum atomic E-state index is -0.181. The fourth-order valence-corrected chi connectivity index (χ4v) is 1.01. The molecule has 1 aromatic rings. The first-order valence-electron chi connectivity index (χ1n) is 2.67. The summed E-state index contributed by atoms with van der Waals surface area (Å²) < 4.78 is 5.29. The summed E-state index contributed by atoms with van der Waals surface area (Å²) in [7, 11) is 1.51. The van der Waals surface area contributed by atoms with Gasteiger partial charge in [-0.1, -0.05) is 0 Å². The van der Waals surface area contributed by atoms with Gasteiger partial charge < -0.3 is 9.72 Å². The van der Waals surface area contributed by atoms with Crippen LogP contribution in [0.5, 0.6) is 5.75 Å². The van der Waals surface area contributed by atoms with Crippen molar-refractivity contribution in [2.45, 2.75) is 0 Å². The number of nitrogens with one attached hydrogen (secondary N) is 1. The number of hydrogen-bond acceptors (Lipinski definition) is 2. The number of aromatic amines is 1. The molecule has 54 valence electrons. The number of hydrogen-bond donors (Lipinski definition) is 1. The number of ether oxygens (including phenoxy) is 1. The number of methoxy groups -OCH3 is 1. The zero-order valence-electron chi connectivity index (χ0n) is 5.35. The Morgan fingerprint density at radius 3 is 2.90 bits per heavy atom. The van der Waals surface area contributed by atoms with Crippen LogP contribution in [0, 0.1) is 0 Å². The fourth-order valence-electron chi connectivity index (χ4n) is 0.599. The molecule has 0 saturated heterocycles. The maximum Gasteiger partial charge on any atom is 0.266 e. The summed E-state index contributed by atoms with van der Waals surface area (Å²) >= 11 is 3.07. The molecule has 0 radical (unpaired) electrons. The Morgan fingerprint density at radius 2 is 2.40 bits per heavy atom. The molecule has 3 nitrogen and oxygen atoms in total. The topological polar surface area (TPSA) is 42.1 Å². The summed E-state index contributed by atoms with van der Waals surface area (Å²) in [6.45, 7) is 0. The van der Waals surface area contributed by atoms with E-state index in [9.17, 15) is 4.79 Å². The average molecular weight is 204 g/mol. The molecule has 0 aromatic carbocycles. The second-order valence-electron chi connectivity index (χ2n) is 1.69. The van der Waals surface area contributed by atoms with Crippen molar-refractivity contribution in [3.8, 4) is 5.75 Å². The quantitative estimate of drug-likeness (QED) is 0.745. The lowest BCUT2D eigenvalue weighted by Crippen LogP contribution is -2.06. The Labute approximate surface area is 66.2 Å². The van der Waals surface area contributed by atoms with E-state index in [1.807, 2.05) is 0 Å². The normalized spacial score (nSPS) is 9.40. The van der Waals surface area contributed by atoms with Crippen molar-refractivity contribution in [1.82, 2.24) is 4.98 Å². The molecule has 10 heavy (non-hydrogen) atoms. The number of H-pyrrole nitrogens is 1. The van der Waals surface area contributed by atoms with E-state index in [4.69, 9.17) is 4.74 Å². The van der Waals surface area contributed by atoms with Gasteiger partial charge in [0.2, 0.25) is 0 Å². The minimum Gasteiger partial charge on any atom is -0.495 e. The van der Waals surface area contributed by atoms with Crippen molar-refractivity contribution in [3.05, 3.63) is 27.1 Å². The molecule has 1 heterocycles. The van der Waals surface area contributed by atoms with Crippen LogP contribution in [-0.4, -0.2) is 12.1 Å². The smallest absolute Gasteiger partial charge is 0.266 e. The largest absolute Gasteiger partial charge is 0.495 e. The first-order valence-corrected chi connectivity index (χ1v) is 3.46. The van der Waals surface area contributed by atoms with Gasteiger partial charge in [0.05, 0.1) is 7.11 Å². The molecule has 0 aliphatic heterocycles. The predicted molar refractivity (Wildman–Crippen MR) is 41.3 cm³/mol. The zero-order valence-corrected chi connectivity index (χ0v) is 6.94. The molecule has 0 aliphatic carbocycles. The van der Waals surface area contributed by atoms with E-state index in [1.54, 1.807) is 6.07 Å². The third-order valence-corrected chi connectivity index (χ3v) is 1.84. The summed E-state index contributed by atoms with van der Waals surface area (Å²) in [5.41, 5.74) is -0.181. The molecule has 0 amide bonds. The molecule has 0 aliphatic rings. The summed E-state index contributed by atoms with van der Waals surface area (Å²) in [5, 5.41) is 0. The zero-order chi connectivity index (χ0) is 7.56. The maximum atomic E-state index is 10.8. The van der Waals surface area contributed by atoms with Crippen molar-refractivity contribution >= 4 is 15.9 Å². The van der Waals surface area contributed by atoms with Crippen LogP contribution in [0.3, 0.4) is 0 Å². The third kappa shape index (κ3) is 1.21. The van der Waals surface area contributed by atoms with E-state index < -0.39 is 0 Å². The first-order chi connectivity index (χ1) is 4.75. The summed E-state index contributed by atoms with van der Waals surface area (Å²) in [4.78, 5) is 13.3. The number of rotatable bonds is 1. The van der Waals surface area contributed by atoms with E-state index in [-0.39, 0.29) is 5.56 Å². The van der Waals surface area contributed by atoms with E-state index in [0.29, 0.717) is 10.2 Å². The maximum absolute atomic E-state index is 10.8. The van der Waals surface area contributed by atoms with Gasteiger partial charge in [0.25, 0.3) is 5.56 Å². The molecule has 0 spiro atoms. The van der Waals surface area contributed by atoms with Crippen LogP contribution in [0.25, 0.3) is 0 Å². The Balaban J connectivity index is 3.28. The molecule has 1 N–H and O–H groups in total. The lowest BCUT2D eigenvalue weighted by atomic mass is 10.4. The third-order valence-electron chi connectivity index (χ3n) is 1.08. The van der Waals surface area contributed by atoms with E-state index in [2.05, 4.69) is 20.9 Å². The van der Waals surface area contributed by atoms with Crippen LogP contribution in [0.1, 0.15) is 0 Å². The summed E-state index contributed by atoms with van der Waals surface area (Å²) in [6, 6.07) is 1.67. The van der Waals surface area contributed by atoms with Gasteiger partial charge in [0, 0.05) is 6.20 Å². The number of pyridine rings is 1. The second-order valence-corrected chi connectivity index (χ2v) is 2.48. The van der Waals surface area contributed by atoms with Crippen molar-refractivity contribution in [3.63, 3.8) is 0 Å². The molecule has 0 unspecified atom stereocenters. The van der Waals surface area contributed by atoms with Gasteiger partial charge in [-0.3, -0.25) is 4.79 Å². The lowest BCUT2D eigenvalue weighted by molar-refractivity contribution is 0.411. The Kier molecular flexibility index (Phi) is 2.11. The SMILES string of the molecule is COc1cc[nH]c(=O)c1Br. The molecule has 1 rings (SSSR count). The Bertz CT molecular complexity index is 281. The molecular formula is C6H6BrNO2. The Morgan fingerprint density at radius 1 is 1.70 bits per heavy atom. The average Bonchev–Trinajstić information content (AvgIpc) is 1.95. The van der Waals surface area contributed by atoms with Crippen LogP contribution in [0.15, 0.2) is 21.5 Å². The second kappa shape index (κ2) is 2.88. The molecule has 0 atom stereocenters. The predicted octanol–water partition coefficient (Wildman–Crippen LogP) is 1.15. The van der Waals surface area contributed by atoms with Gasteiger partial charge in [0.15, 0.2) is 0 Å². The van der Waals surface area contributed by atoms with Gasteiger partial charge in [0.1, 0.15) is 10.2 Å². The first kappa shape index (κ1) is 7.34. The van der Waals surface area contributed by atoms with Gasteiger partial charge in [-0.2, -0.15) is 0 Å². The monoisotopic (exact) mass is 203 g/mol. The van der Waals surface area contributed by atoms with Crippen molar-refractivity contribution in [2.24, 2.45) is 0 Å². The highest BCUT2D eigenvalue weighted by atomic mass is 79.9. The highest BCUT2D eigenvalue weighted by Gasteiger charge is 2.00. The summed E-state index contributed by atoms with van der Waals surface area (Å²) in [5.74, 6) is 0.545. The van der Waals surface area contributed by atoms with Crippen molar-refractivity contribution in [2.75, 3.05) is 7.11 Å². The van der Waals surface area contributed by atoms with Crippen LogP contribution in [0.2, 0.25) is 0 Å². The summed E-state index contributed by atoms with van der Waals surface area (Å²) in [6.07, 6.45) is 1.53. The highest BCUT2D eigenvalue weighted by molar-refractivity contribution is 9.10. The highest BCUT2D eigenvalue weighted by Crippen LogP contribution is 2.17.